The van der Waals surface area contributed by atoms with Crippen LogP contribution in [-0.4, -0.2) is 80.2 Å². The number of fused-ring (bicyclic) bond motifs is 1. The van der Waals surface area contributed by atoms with Crippen LogP contribution in [0.25, 0.3) is 22.0 Å². The number of carbonyl (C=O) groups excluding carboxylic acids is 1. The topological polar surface area (TPSA) is 109 Å². The predicted octanol–water partition coefficient (Wildman–Crippen LogP) is 3.56. The van der Waals surface area contributed by atoms with Crippen LogP contribution in [0.2, 0.25) is 0 Å². The van der Waals surface area contributed by atoms with Gasteiger partial charge in [0.15, 0.2) is 0 Å². The highest BCUT2D eigenvalue weighted by Gasteiger charge is 2.30. The van der Waals surface area contributed by atoms with Gasteiger partial charge in [-0.1, -0.05) is 30.3 Å². The summed E-state index contributed by atoms with van der Waals surface area (Å²) in [4.78, 5) is 17.9. The molecule has 0 bridgehead atoms. The highest BCUT2D eigenvalue weighted by Crippen LogP contribution is 2.37. The third-order valence-electron chi connectivity index (χ3n) is 7.72. The molecular weight excluding hydrogens is 488 g/mol. The van der Waals surface area contributed by atoms with Crippen molar-refractivity contribution in [2.24, 2.45) is 5.73 Å². The molecule has 8 nitrogen and oxygen atoms in total. The molecule has 3 heterocycles. The number of sulfonamides is 1. The van der Waals surface area contributed by atoms with Crippen LogP contribution in [0.3, 0.4) is 0 Å². The predicted molar refractivity (Wildman–Crippen MR) is 146 cm³/mol. The molecule has 1 amide bonds. The third-order valence-corrected chi connectivity index (χ3v) is 9.55. The van der Waals surface area contributed by atoms with Gasteiger partial charge in [-0.05, 0) is 73.5 Å². The van der Waals surface area contributed by atoms with Crippen molar-refractivity contribution in [1.29, 1.82) is 0 Å². The summed E-state index contributed by atoms with van der Waals surface area (Å²) >= 11 is 0. The molecule has 37 heavy (non-hydrogen) atoms. The number of hydrogen-bond acceptors (Lipinski definition) is 5. The molecule has 2 aliphatic rings. The zero-order chi connectivity index (χ0) is 25.8. The Bertz CT molecular complexity index is 1320. The largest absolute Gasteiger partial charge is 0.379 e. The Kier molecular flexibility index (Phi) is 7.95. The minimum absolute atomic E-state index is 0.0210. The zero-order valence-corrected chi connectivity index (χ0v) is 22.0. The Morgan fingerprint density at radius 1 is 1.00 bits per heavy atom. The molecule has 2 fully saturated rings. The molecule has 2 aliphatic heterocycles. The molecule has 0 saturated carbocycles. The number of benzene rings is 2. The normalized spacial score (nSPS) is 18.1. The van der Waals surface area contributed by atoms with Crippen molar-refractivity contribution in [3.63, 3.8) is 0 Å². The highest BCUT2D eigenvalue weighted by molar-refractivity contribution is 7.89. The van der Waals surface area contributed by atoms with Crippen molar-refractivity contribution in [1.82, 2.24) is 14.2 Å². The molecule has 1 aromatic heterocycles. The molecular formula is C28H36N4O4S. The number of likely N-dealkylation sites (tertiary alicyclic amines) is 1. The number of nitrogens with one attached hydrogen (secondary N) is 1. The van der Waals surface area contributed by atoms with Crippen LogP contribution in [0.1, 0.15) is 47.5 Å². The van der Waals surface area contributed by atoms with E-state index >= 15 is 0 Å². The first-order chi connectivity index (χ1) is 17.9. The first kappa shape index (κ1) is 25.9. The van der Waals surface area contributed by atoms with Crippen LogP contribution < -0.4 is 5.73 Å². The number of H-pyrrole nitrogens is 1. The Hall–Kier alpha value is -2.72. The lowest BCUT2D eigenvalue weighted by molar-refractivity contribution is 0.100. The summed E-state index contributed by atoms with van der Waals surface area (Å²) in [5, 5.41) is 0.975. The Morgan fingerprint density at radius 2 is 1.73 bits per heavy atom. The molecule has 2 aromatic carbocycles. The number of primary amides is 1. The summed E-state index contributed by atoms with van der Waals surface area (Å²) in [6.45, 7) is 4.88. The third kappa shape index (κ3) is 5.90. The number of ether oxygens (including phenoxy) is 1. The highest BCUT2D eigenvalue weighted by atomic mass is 32.2. The fourth-order valence-corrected chi connectivity index (χ4v) is 6.98. The van der Waals surface area contributed by atoms with E-state index in [9.17, 15) is 13.2 Å². The summed E-state index contributed by atoms with van der Waals surface area (Å²) in [7, 11) is -3.35. The SMILES string of the molecule is NC(=O)c1cc(-c2ccccc2)cc2c(C3CCN(S(=O)(=O)CCOCCN4CCCC4)CC3)c[nH]c12. The number of rotatable bonds is 10. The van der Waals surface area contributed by atoms with E-state index in [4.69, 9.17) is 10.5 Å². The van der Waals surface area contributed by atoms with E-state index in [0.717, 1.165) is 60.1 Å². The molecule has 0 unspecified atom stereocenters. The monoisotopic (exact) mass is 524 g/mol. The maximum absolute atomic E-state index is 12.9. The first-order valence-electron chi connectivity index (χ1n) is 13.2. The molecule has 0 atom stereocenters. The van der Waals surface area contributed by atoms with E-state index in [0.29, 0.717) is 25.3 Å². The van der Waals surface area contributed by atoms with Gasteiger partial charge in [0.2, 0.25) is 10.0 Å². The quantitative estimate of drug-likeness (QED) is 0.394. The number of nitrogens with two attached hydrogens (primary N) is 1. The minimum atomic E-state index is -3.35. The van der Waals surface area contributed by atoms with Gasteiger partial charge < -0.3 is 20.4 Å². The number of nitrogens with zero attached hydrogens (tertiary/aromatic N) is 2. The van der Waals surface area contributed by atoms with Crippen LogP contribution in [0.5, 0.6) is 0 Å². The second kappa shape index (κ2) is 11.3. The van der Waals surface area contributed by atoms with E-state index in [-0.39, 0.29) is 18.3 Å². The molecule has 2 saturated heterocycles. The van der Waals surface area contributed by atoms with E-state index < -0.39 is 15.9 Å². The molecule has 0 radical (unpaired) electrons. The number of aromatic nitrogens is 1. The summed E-state index contributed by atoms with van der Waals surface area (Å²) in [6.07, 6.45) is 5.88. The van der Waals surface area contributed by atoms with Gasteiger partial charge in [-0.3, -0.25) is 4.79 Å². The number of aromatic amines is 1. The molecule has 3 N–H and O–H groups in total. The van der Waals surface area contributed by atoms with E-state index in [2.05, 4.69) is 16.0 Å². The molecule has 3 aromatic rings. The molecule has 5 rings (SSSR count). The lowest BCUT2D eigenvalue weighted by Gasteiger charge is -2.31. The van der Waals surface area contributed by atoms with Crippen LogP contribution in [0.15, 0.2) is 48.7 Å². The summed E-state index contributed by atoms with van der Waals surface area (Å²) in [5.41, 5.74) is 9.99. The van der Waals surface area contributed by atoms with Crippen molar-refractivity contribution in [3.8, 4) is 11.1 Å². The van der Waals surface area contributed by atoms with Gasteiger partial charge in [-0.25, -0.2) is 12.7 Å². The average molecular weight is 525 g/mol. The zero-order valence-electron chi connectivity index (χ0n) is 21.2. The van der Waals surface area contributed by atoms with Crippen LogP contribution >= 0.6 is 0 Å². The van der Waals surface area contributed by atoms with Crippen LogP contribution in [0.4, 0.5) is 0 Å². The van der Waals surface area contributed by atoms with E-state index in [1.54, 1.807) is 4.31 Å². The number of amides is 1. The second-order valence-electron chi connectivity index (χ2n) is 10.1. The smallest absolute Gasteiger partial charge is 0.250 e. The summed E-state index contributed by atoms with van der Waals surface area (Å²) in [6, 6.07) is 13.9. The fourth-order valence-electron chi connectivity index (χ4n) is 5.62. The first-order valence-corrected chi connectivity index (χ1v) is 14.8. The van der Waals surface area contributed by atoms with Crippen molar-refractivity contribution >= 4 is 26.8 Å². The van der Waals surface area contributed by atoms with Crippen LogP contribution in [0, 0.1) is 0 Å². The molecule has 198 valence electrons. The Labute approximate surface area is 218 Å². The fraction of sp³-hybridized carbons (Fsp3) is 0.464. The van der Waals surface area contributed by atoms with Crippen molar-refractivity contribution in [3.05, 3.63) is 59.8 Å². The molecule has 9 heteroatoms. The Morgan fingerprint density at radius 3 is 2.43 bits per heavy atom. The van der Waals surface area contributed by atoms with Crippen LogP contribution in [-0.2, 0) is 14.8 Å². The van der Waals surface area contributed by atoms with E-state index in [1.807, 2.05) is 42.6 Å². The lowest BCUT2D eigenvalue weighted by atomic mass is 9.88. The van der Waals surface area contributed by atoms with Gasteiger partial charge in [0.25, 0.3) is 5.91 Å². The number of carbonyl (C=O) groups is 1. The minimum Gasteiger partial charge on any atom is -0.379 e. The number of piperidine rings is 1. The molecule has 0 spiro atoms. The van der Waals surface area contributed by atoms with Gasteiger partial charge in [0.05, 0.1) is 30.0 Å². The maximum Gasteiger partial charge on any atom is 0.250 e. The van der Waals surface area contributed by atoms with Gasteiger partial charge in [0, 0.05) is 31.2 Å². The Balaban J connectivity index is 1.23. The van der Waals surface area contributed by atoms with Crippen molar-refractivity contribution in [2.45, 2.75) is 31.6 Å². The summed E-state index contributed by atoms with van der Waals surface area (Å²) < 4.78 is 33.1. The molecule has 0 aliphatic carbocycles. The van der Waals surface area contributed by atoms with Gasteiger partial charge >= 0.3 is 0 Å². The average Bonchev–Trinajstić information content (AvgIpc) is 3.58. The van der Waals surface area contributed by atoms with E-state index in [1.165, 1.54) is 12.8 Å². The second-order valence-corrected chi connectivity index (χ2v) is 12.2. The van der Waals surface area contributed by atoms with Crippen molar-refractivity contribution in [2.75, 3.05) is 51.7 Å². The van der Waals surface area contributed by atoms with Crippen molar-refractivity contribution < 1.29 is 17.9 Å². The lowest BCUT2D eigenvalue weighted by Crippen LogP contribution is -2.40. The van der Waals surface area contributed by atoms with Gasteiger partial charge in [0.1, 0.15) is 0 Å². The van der Waals surface area contributed by atoms with Gasteiger partial charge in [-0.2, -0.15) is 0 Å². The maximum atomic E-state index is 12.9. The summed E-state index contributed by atoms with van der Waals surface area (Å²) in [5.74, 6) is -0.254. The standard InChI is InChI=1S/C28H36N4O4S/c29-28(33)25-19-23(21-6-2-1-3-7-21)18-24-26(20-30-27(24)25)22-8-12-32(13-9-22)37(34,35)17-16-36-15-14-31-10-4-5-11-31/h1-3,6-7,18-20,22,30H,4-5,8-17H2,(H2,29,33). The number of hydrogen-bond donors (Lipinski definition) is 2. The van der Waals surface area contributed by atoms with Gasteiger partial charge in [-0.15, -0.1) is 0 Å².